The van der Waals surface area contributed by atoms with Crippen LogP contribution in [0.15, 0.2) is 18.2 Å². The lowest BCUT2D eigenvalue weighted by atomic mass is 9.85. The quantitative estimate of drug-likeness (QED) is 0.879. The first-order valence-electron chi connectivity index (χ1n) is 5.63. The molecule has 0 heterocycles. The van der Waals surface area contributed by atoms with Crippen molar-refractivity contribution < 1.29 is 13.9 Å². The van der Waals surface area contributed by atoms with E-state index in [0.717, 1.165) is 12.1 Å². The van der Waals surface area contributed by atoms with E-state index in [0.29, 0.717) is 6.42 Å². The maximum Gasteiger partial charge on any atom is 0.131 e. The number of benzene rings is 1. The van der Waals surface area contributed by atoms with Crippen LogP contribution in [0.5, 0.6) is 0 Å². The molecular formula is C13H19F2NO. The molecule has 0 aliphatic rings. The second-order valence-electron chi connectivity index (χ2n) is 4.67. The summed E-state index contributed by atoms with van der Waals surface area (Å²) in [7, 11) is 3.66. The highest BCUT2D eigenvalue weighted by Gasteiger charge is 2.35. The van der Waals surface area contributed by atoms with Crippen molar-refractivity contribution in [2.24, 2.45) is 0 Å². The number of nitrogens with zero attached hydrogens (tertiary/aromatic N) is 1. The van der Waals surface area contributed by atoms with Gasteiger partial charge >= 0.3 is 0 Å². The summed E-state index contributed by atoms with van der Waals surface area (Å²) in [6.07, 6.45) is -0.346. The largest absolute Gasteiger partial charge is 0.386 e. The molecular weight excluding hydrogens is 224 g/mol. The van der Waals surface area contributed by atoms with Gasteiger partial charge in [-0.1, -0.05) is 13.0 Å². The lowest BCUT2D eigenvalue weighted by Gasteiger charge is -2.40. The zero-order valence-corrected chi connectivity index (χ0v) is 10.7. The first-order chi connectivity index (χ1) is 7.82. The molecule has 0 fully saturated rings. The first-order valence-corrected chi connectivity index (χ1v) is 5.63. The molecule has 0 saturated heterocycles. The molecule has 1 aromatic rings. The molecule has 2 nitrogen and oxygen atoms in total. The second kappa shape index (κ2) is 5.10. The predicted molar refractivity (Wildman–Crippen MR) is 63.7 cm³/mol. The van der Waals surface area contributed by atoms with Crippen LogP contribution in [0.25, 0.3) is 0 Å². The molecule has 1 rings (SSSR count). The third kappa shape index (κ3) is 2.64. The third-order valence-electron chi connectivity index (χ3n) is 3.58. The lowest BCUT2D eigenvalue weighted by molar-refractivity contribution is -0.00122. The van der Waals surface area contributed by atoms with Crippen LogP contribution in [0, 0.1) is 11.6 Å². The number of aliphatic hydroxyl groups excluding tert-OH is 1. The molecule has 0 saturated carbocycles. The normalized spacial score (nSPS) is 16.9. The molecule has 0 bridgehead atoms. The number of aliphatic hydroxyl groups is 1. The highest BCUT2D eigenvalue weighted by atomic mass is 19.1. The van der Waals surface area contributed by atoms with Crippen LogP contribution in [0.1, 0.15) is 31.9 Å². The molecule has 1 aromatic carbocycles. The zero-order valence-electron chi connectivity index (χ0n) is 10.7. The molecule has 96 valence electrons. The molecule has 0 spiro atoms. The number of rotatable bonds is 4. The third-order valence-corrected chi connectivity index (χ3v) is 3.58. The predicted octanol–water partition coefficient (Wildman–Crippen LogP) is 2.73. The van der Waals surface area contributed by atoms with Gasteiger partial charge in [0.15, 0.2) is 0 Å². The van der Waals surface area contributed by atoms with Crippen LogP contribution >= 0.6 is 0 Å². The second-order valence-corrected chi connectivity index (χ2v) is 4.67. The molecule has 2 atom stereocenters. The molecule has 0 amide bonds. The van der Waals surface area contributed by atoms with Gasteiger partial charge in [0.2, 0.25) is 0 Å². The Bertz CT molecular complexity index is 395. The summed E-state index contributed by atoms with van der Waals surface area (Å²) in [4.78, 5) is 1.85. The zero-order chi connectivity index (χ0) is 13.2. The summed E-state index contributed by atoms with van der Waals surface area (Å²) in [5, 5.41) is 10.3. The number of hydrogen-bond acceptors (Lipinski definition) is 2. The van der Waals surface area contributed by atoms with E-state index in [2.05, 4.69) is 0 Å². The van der Waals surface area contributed by atoms with Crippen molar-refractivity contribution in [3.8, 4) is 0 Å². The summed E-state index contributed by atoms with van der Waals surface area (Å²) < 4.78 is 26.4. The van der Waals surface area contributed by atoms with Crippen LogP contribution < -0.4 is 0 Å². The SMILES string of the molecule is CCC(C)(C(O)c1ccc(F)cc1F)N(C)C. The molecule has 4 heteroatoms. The van der Waals surface area contributed by atoms with Crippen LogP contribution in [0.4, 0.5) is 8.78 Å². The molecule has 0 aromatic heterocycles. The fraction of sp³-hybridized carbons (Fsp3) is 0.538. The average molecular weight is 243 g/mol. The Morgan fingerprint density at radius 1 is 1.35 bits per heavy atom. The minimum Gasteiger partial charge on any atom is -0.386 e. The van der Waals surface area contributed by atoms with Crippen molar-refractivity contribution in [2.45, 2.75) is 31.9 Å². The number of hydrogen-bond donors (Lipinski definition) is 1. The Balaban J connectivity index is 3.14. The van der Waals surface area contributed by atoms with Gasteiger partial charge < -0.3 is 10.0 Å². The summed E-state index contributed by atoms with van der Waals surface area (Å²) in [6.45, 7) is 3.77. The van der Waals surface area contributed by atoms with Crippen molar-refractivity contribution >= 4 is 0 Å². The van der Waals surface area contributed by atoms with Gasteiger partial charge in [0.25, 0.3) is 0 Å². The van der Waals surface area contributed by atoms with Gasteiger partial charge in [-0.3, -0.25) is 0 Å². The monoisotopic (exact) mass is 243 g/mol. The average Bonchev–Trinajstić information content (AvgIpc) is 2.26. The first kappa shape index (κ1) is 14.1. The van der Waals surface area contributed by atoms with E-state index in [1.165, 1.54) is 6.07 Å². The van der Waals surface area contributed by atoms with Gasteiger partial charge in [-0.2, -0.15) is 0 Å². The van der Waals surface area contributed by atoms with Gasteiger partial charge in [0.05, 0.1) is 6.10 Å². The smallest absolute Gasteiger partial charge is 0.131 e. The molecule has 0 radical (unpaired) electrons. The van der Waals surface area contributed by atoms with Crippen molar-refractivity contribution in [1.29, 1.82) is 0 Å². The van der Waals surface area contributed by atoms with E-state index in [-0.39, 0.29) is 5.56 Å². The van der Waals surface area contributed by atoms with E-state index in [4.69, 9.17) is 0 Å². The van der Waals surface area contributed by atoms with Gasteiger partial charge in [0.1, 0.15) is 11.6 Å². The fourth-order valence-corrected chi connectivity index (χ4v) is 1.81. The Morgan fingerprint density at radius 3 is 2.35 bits per heavy atom. The Hall–Kier alpha value is -1.00. The van der Waals surface area contributed by atoms with Crippen molar-refractivity contribution in [3.05, 3.63) is 35.4 Å². The van der Waals surface area contributed by atoms with E-state index in [1.807, 2.05) is 32.8 Å². The Labute approximate surface area is 101 Å². The van der Waals surface area contributed by atoms with Crippen molar-refractivity contribution in [3.63, 3.8) is 0 Å². The van der Waals surface area contributed by atoms with E-state index < -0.39 is 23.3 Å². The van der Waals surface area contributed by atoms with Gasteiger partial charge in [0, 0.05) is 17.2 Å². The molecule has 2 unspecified atom stereocenters. The Morgan fingerprint density at radius 2 is 1.94 bits per heavy atom. The van der Waals surface area contributed by atoms with Gasteiger partial charge in [-0.15, -0.1) is 0 Å². The highest BCUT2D eigenvalue weighted by molar-refractivity contribution is 5.23. The van der Waals surface area contributed by atoms with E-state index in [9.17, 15) is 13.9 Å². The fourth-order valence-electron chi connectivity index (χ4n) is 1.81. The summed E-state index contributed by atoms with van der Waals surface area (Å²) in [6, 6.07) is 3.25. The van der Waals surface area contributed by atoms with Gasteiger partial charge in [-0.05, 0) is 33.5 Å². The number of likely N-dealkylation sites (N-methyl/N-ethyl adjacent to an activating group) is 1. The minimum atomic E-state index is -0.997. The van der Waals surface area contributed by atoms with Crippen LogP contribution in [-0.4, -0.2) is 29.6 Å². The molecule has 1 N–H and O–H groups in total. The minimum absolute atomic E-state index is 0.129. The topological polar surface area (TPSA) is 23.5 Å². The van der Waals surface area contributed by atoms with Crippen LogP contribution in [-0.2, 0) is 0 Å². The van der Waals surface area contributed by atoms with E-state index >= 15 is 0 Å². The highest BCUT2D eigenvalue weighted by Crippen LogP contribution is 2.33. The summed E-state index contributed by atoms with van der Waals surface area (Å²) in [5.41, 5.74) is -0.456. The van der Waals surface area contributed by atoms with Crippen LogP contribution in [0.3, 0.4) is 0 Å². The maximum absolute atomic E-state index is 13.6. The summed E-state index contributed by atoms with van der Waals surface area (Å²) >= 11 is 0. The van der Waals surface area contributed by atoms with E-state index in [1.54, 1.807) is 0 Å². The number of halogens is 2. The van der Waals surface area contributed by atoms with Crippen molar-refractivity contribution in [1.82, 2.24) is 4.90 Å². The molecule has 17 heavy (non-hydrogen) atoms. The molecule has 0 aliphatic heterocycles. The Kier molecular flexibility index (Phi) is 4.22. The van der Waals surface area contributed by atoms with Gasteiger partial charge in [-0.25, -0.2) is 8.78 Å². The van der Waals surface area contributed by atoms with Crippen molar-refractivity contribution in [2.75, 3.05) is 14.1 Å². The van der Waals surface area contributed by atoms with Crippen LogP contribution in [0.2, 0.25) is 0 Å². The lowest BCUT2D eigenvalue weighted by Crippen LogP contribution is -2.46. The standard InChI is InChI=1S/C13H19F2NO/c1-5-13(2,16(3)4)12(17)10-7-6-9(14)8-11(10)15/h6-8,12,17H,5H2,1-4H3. The maximum atomic E-state index is 13.6. The molecule has 0 aliphatic carbocycles. The summed E-state index contributed by atoms with van der Waals surface area (Å²) in [5.74, 6) is -1.35.